The van der Waals surface area contributed by atoms with Gasteiger partial charge in [0, 0.05) is 32.1 Å². The molecule has 8 nitrogen and oxygen atoms in total. The largest absolute Gasteiger partial charge is 0.354 e. The van der Waals surface area contributed by atoms with Gasteiger partial charge in [-0.3, -0.25) is 19.3 Å². The fourth-order valence-electron chi connectivity index (χ4n) is 3.73. The first-order valence-electron chi connectivity index (χ1n) is 10.6. The van der Waals surface area contributed by atoms with Crippen molar-refractivity contribution in [3.05, 3.63) is 58.1 Å². The average Bonchev–Trinajstić information content (AvgIpc) is 3.46. The molecular formula is C22H22FN3O5S3. The lowest BCUT2D eigenvalue weighted by Crippen LogP contribution is -2.44. The van der Waals surface area contributed by atoms with Gasteiger partial charge in [0.05, 0.1) is 4.91 Å². The zero-order chi connectivity index (χ0) is 24.3. The molecule has 2 aliphatic heterocycles. The van der Waals surface area contributed by atoms with Crippen molar-refractivity contribution in [2.45, 2.75) is 17.1 Å². The average molecular weight is 524 g/mol. The van der Waals surface area contributed by atoms with Crippen LogP contribution in [0.3, 0.4) is 0 Å². The van der Waals surface area contributed by atoms with E-state index in [4.69, 9.17) is 0 Å². The van der Waals surface area contributed by atoms with Gasteiger partial charge in [-0.05, 0) is 59.8 Å². The monoisotopic (exact) mass is 523 g/mol. The SMILES string of the molecule is O=C(NCCN1C(=O)S/C(=C\c2ccc(F)cc2)C1=O)C1CCN(S(=O)(=O)c2cccs2)CC1. The Morgan fingerprint density at radius 2 is 1.85 bits per heavy atom. The summed E-state index contributed by atoms with van der Waals surface area (Å²) in [6.07, 6.45) is 2.33. The number of sulfonamides is 1. The normalized spacial score (nSPS) is 19.2. The summed E-state index contributed by atoms with van der Waals surface area (Å²) in [5.41, 5.74) is 0.604. The quantitative estimate of drug-likeness (QED) is 0.560. The van der Waals surface area contributed by atoms with Crippen molar-refractivity contribution in [1.29, 1.82) is 0 Å². The number of amides is 3. The molecule has 2 aromatic rings. The van der Waals surface area contributed by atoms with E-state index in [-0.39, 0.29) is 42.9 Å². The third-order valence-electron chi connectivity index (χ3n) is 5.59. The van der Waals surface area contributed by atoms with Crippen LogP contribution in [0.1, 0.15) is 18.4 Å². The molecule has 1 aromatic carbocycles. The topological polar surface area (TPSA) is 104 Å². The van der Waals surface area contributed by atoms with E-state index in [9.17, 15) is 27.2 Å². The second-order valence-electron chi connectivity index (χ2n) is 7.79. The fourth-order valence-corrected chi connectivity index (χ4v) is 7.21. The molecule has 180 valence electrons. The molecule has 2 aliphatic rings. The molecule has 3 amide bonds. The lowest BCUT2D eigenvalue weighted by Gasteiger charge is -2.30. The number of nitrogens with zero attached hydrogens (tertiary/aromatic N) is 2. The summed E-state index contributed by atoms with van der Waals surface area (Å²) in [5.74, 6) is -1.40. The summed E-state index contributed by atoms with van der Waals surface area (Å²) < 4.78 is 40.0. The van der Waals surface area contributed by atoms with E-state index in [0.717, 1.165) is 16.7 Å². The van der Waals surface area contributed by atoms with Gasteiger partial charge in [0.25, 0.3) is 21.2 Å². The number of thiophene rings is 1. The summed E-state index contributed by atoms with van der Waals surface area (Å²) in [6.45, 7) is 0.655. The molecule has 0 saturated carbocycles. The summed E-state index contributed by atoms with van der Waals surface area (Å²) in [5, 5.41) is 4.03. The number of benzene rings is 1. The first kappa shape index (κ1) is 24.6. The van der Waals surface area contributed by atoms with E-state index in [1.807, 2.05) is 0 Å². The minimum atomic E-state index is -3.53. The van der Waals surface area contributed by atoms with Crippen LogP contribution in [0, 0.1) is 11.7 Å². The van der Waals surface area contributed by atoms with Gasteiger partial charge < -0.3 is 5.32 Å². The Balaban J connectivity index is 1.25. The number of hydrogen-bond acceptors (Lipinski definition) is 7. The summed E-state index contributed by atoms with van der Waals surface area (Å²) in [6, 6.07) is 8.83. The molecule has 0 spiro atoms. The Bertz CT molecular complexity index is 1200. The molecule has 0 bridgehead atoms. The predicted octanol–water partition coefficient (Wildman–Crippen LogP) is 3.14. The summed E-state index contributed by atoms with van der Waals surface area (Å²) in [4.78, 5) is 38.6. The van der Waals surface area contributed by atoms with Crippen molar-refractivity contribution in [1.82, 2.24) is 14.5 Å². The Kier molecular flexibility index (Phi) is 7.51. The van der Waals surface area contributed by atoms with Crippen molar-refractivity contribution in [3.8, 4) is 0 Å². The number of nitrogens with one attached hydrogen (secondary N) is 1. The number of carbonyl (C=O) groups is 3. The maximum absolute atomic E-state index is 13.1. The zero-order valence-corrected chi connectivity index (χ0v) is 20.4. The molecule has 1 aromatic heterocycles. The molecule has 3 heterocycles. The second kappa shape index (κ2) is 10.4. The van der Waals surface area contributed by atoms with Crippen LogP contribution < -0.4 is 5.32 Å². The van der Waals surface area contributed by atoms with Crippen LogP contribution in [0.4, 0.5) is 9.18 Å². The lowest BCUT2D eigenvalue weighted by atomic mass is 9.97. The van der Waals surface area contributed by atoms with Gasteiger partial charge in [-0.25, -0.2) is 12.8 Å². The number of carbonyl (C=O) groups excluding carboxylic acids is 3. The van der Waals surface area contributed by atoms with Crippen LogP contribution in [-0.4, -0.2) is 60.9 Å². The molecule has 0 aliphatic carbocycles. The summed E-state index contributed by atoms with van der Waals surface area (Å²) in [7, 11) is -3.53. The van der Waals surface area contributed by atoms with Gasteiger partial charge in [0.1, 0.15) is 10.0 Å². The van der Waals surface area contributed by atoms with Gasteiger partial charge >= 0.3 is 0 Å². The van der Waals surface area contributed by atoms with Crippen LogP contribution in [0.2, 0.25) is 0 Å². The minimum Gasteiger partial charge on any atom is -0.354 e. The highest BCUT2D eigenvalue weighted by Crippen LogP contribution is 2.32. The molecule has 2 fully saturated rings. The highest BCUT2D eigenvalue weighted by atomic mass is 32.2. The van der Waals surface area contributed by atoms with Crippen molar-refractivity contribution in [2.75, 3.05) is 26.2 Å². The molecule has 12 heteroatoms. The Morgan fingerprint density at radius 1 is 1.15 bits per heavy atom. The molecule has 2 saturated heterocycles. The fraction of sp³-hybridized carbons (Fsp3) is 0.318. The Labute approximate surface area is 204 Å². The van der Waals surface area contributed by atoms with Crippen LogP contribution in [0.25, 0.3) is 6.08 Å². The van der Waals surface area contributed by atoms with Gasteiger partial charge in [0.2, 0.25) is 5.91 Å². The maximum Gasteiger partial charge on any atom is 0.293 e. The van der Waals surface area contributed by atoms with Crippen LogP contribution in [0.15, 0.2) is 50.9 Å². The Hall–Kier alpha value is -2.54. The minimum absolute atomic E-state index is 0.0305. The van der Waals surface area contributed by atoms with Gasteiger partial charge in [-0.2, -0.15) is 4.31 Å². The molecule has 0 atom stereocenters. The van der Waals surface area contributed by atoms with E-state index in [1.165, 1.54) is 46.0 Å². The number of thioether (sulfide) groups is 1. The van der Waals surface area contributed by atoms with Crippen LogP contribution in [0.5, 0.6) is 0 Å². The van der Waals surface area contributed by atoms with E-state index in [1.54, 1.807) is 17.5 Å². The highest BCUT2D eigenvalue weighted by Gasteiger charge is 2.35. The van der Waals surface area contributed by atoms with Crippen molar-refractivity contribution >= 4 is 56.3 Å². The number of imide groups is 1. The lowest BCUT2D eigenvalue weighted by molar-refractivity contribution is -0.127. The van der Waals surface area contributed by atoms with E-state index in [2.05, 4.69) is 5.32 Å². The number of halogens is 1. The molecule has 1 N–H and O–H groups in total. The van der Waals surface area contributed by atoms with E-state index >= 15 is 0 Å². The first-order valence-corrected chi connectivity index (χ1v) is 13.7. The molecule has 0 radical (unpaired) electrons. The third kappa shape index (κ3) is 5.40. The molecule has 0 unspecified atom stereocenters. The van der Waals surface area contributed by atoms with Crippen molar-refractivity contribution in [2.24, 2.45) is 5.92 Å². The molecule has 4 rings (SSSR count). The number of hydrogen-bond donors (Lipinski definition) is 1. The highest BCUT2D eigenvalue weighted by molar-refractivity contribution is 8.18. The van der Waals surface area contributed by atoms with Crippen LogP contribution in [-0.2, 0) is 19.6 Å². The molecule has 34 heavy (non-hydrogen) atoms. The first-order chi connectivity index (χ1) is 16.3. The maximum atomic E-state index is 13.1. The predicted molar refractivity (Wildman–Crippen MR) is 128 cm³/mol. The summed E-state index contributed by atoms with van der Waals surface area (Å²) >= 11 is 1.97. The Morgan fingerprint density at radius 3 is 2.50 bits per heavy atom. The number of rotatable bonds is 7. The van der Waals surface area contributed by atoms with Gasteiger partial charge in [-0.1, -0.05) is 18.2 Å². The van der Waals surface area contributed by atoms with Crippen molar-refractivity contribution in [3.63, 3.8) is 0 Å². The van der Waals surface area contributed by atoms with Gasteiger partial charge in [0.15, 0.2) is 0 Å². The van der Waals surface area contributed by atoms with E-state index in [0.29, 0.717) is 22.6 Å². The van der Waals surface area contributed by atoms with E-state index < -0.39 is 27.0 Å². The van der Waals surface area contributed by atoms with Crippen molar-refractivity contribution < 1.29 is 27.2 Å². The second-order valence-corrected chi connectivity index (χ2v) is 11.9. The third-order valence-corrected chi connectivity index (χ3v) is 9.77. The smallest absolute Gasteiger partial charge is 0.293 e. The molecular weight excluding hydrogens is 501 g/mol. The van der Waals surface area contributed by atoms with Crippen LogP contribution >= 0.6 is 23.1 Å². The zero-order valence-electron chi connectivity index (χ0n) is 18.0. The number of piperidine rings is 1. The van der Waals surface area contributed by atoms with Gasteiger partial charge in [-0.15, -0.1) is 11.3 Å². The standard InChI is InChI=1S/C22H22FN3O5S3/c23-17-5-3-15(4-6-17)14-18-21(28)26(22(29)33-18)12-9-24-20(27)16-7-10-25(11-8-16)34(30,31)19-2-1-13-32-19/h1-6,13-14,16H,7-12H2,(H,24,27)/b18-14-.